The van der Waals surface area contributed by atoms with Gasteiger partial charge in [0.15, 0.2) is 11.5 Å². The van der Waals surface area contributed by atoms with Gasteiger partial charge in [-0.3, -0.25) is 9.59 Å². The highest BCUT2D eigenvalue weighted by Crippen LogP contribution is 2.36. The number of anilines is 2. The summed E-state index contributed by atoms with van der Waals surface area (Å²) in [6, 6.07) is 6.91. The van der Waals surface area contributed by atoms with Crippen molar-refractivity contribution in [2.45, 2.75) is 13.3 Å². The zero-order chi connectivity index (χ0) is 20.4. The summed E-state index contributed by atoms with van der Waals surface area (Å²) in [6.07, 6.45) is 0.0976. The molecule has 0 bridgehead atoms. The number of nitrogens with one attached hydrogen (secondary N) is 1. The van der Waals surface area contributed by atoms with Crippen molar-refractivity contribution < 1.29 is 28.6 Å². The van der Waals surface area contributed by atoms with Crippen molar-refractivity contribution in [2.75, 3.05) is 36.6 Å². The lowest BCUT2D eigenvalue weighted by molar-refractivity contribution is -0.122. The van der Waals surface area contributed by atoms with Crippen LogP contribution in [-0.4, -0.2) is 44.1 Å². The molecule has 1 N–H and O–H groups in total. The molecular weight excluding hydrogens is 396 g/mol. The second kappa shape index (κ2) is 8.12. The van der Waals surface area contributed by atoms with Gasteiger partial charge in [-0.05, 0) is 30.5 Å². The van der Waals surface area contributed by atoms with Gasteiger partial charge in [0.2, 0.25) is 11.8 Å². The number of ether oxygens (including phenoxy) is 3. The van der Waals surface area contributed by atoms with E-state index in [1.54, 1.807) is 41.5 Å². The fraction of sp³-hybridized carbons (Fsp3) is 0.350. The van der Waals surface area contributed by atoms with Crippen molar-refractivity contribution in [2.24, 2.45) is 5.92 Å². The summed E-state index contributed by atoms with van der Waals surface area (Å²) in [4.78, 5) is 38.8. The van der Waals surface area contributed by atoms with Gasteiger partial charge in [0.25, 0.3) is 0 Å². The Labute approximate surface area is 171 Å². The molecule has 1 fully saturated rings. The van der Waals surface area contributed by atoms with Gasteiger partial charge in [0.05, 0.1) is 18.1 Å². The molecule has 2 aliphatic rings. The summed E-state index contributed by atoms with van der Waals surface area (Å²) in [6.45, 7) is 3.18. The molecule has 1 atom stereocenters. The van der Waals surface area contributed by atoms with Gasteiger partial charge in [0, 0.05) is 24.7 Å². The average Bonchev–Trinajstić information content (AvgIpc) is 3.34. The van der Waals surface area contributed by atoms with Crippen molar-refractivity contribution in [1.82, 2.24) is 0 Å². The van der Waals surface area contributed by atoms with Crippen LogP contribution in [0.3, 0.4) is 0 Å². The lowest BCUT2D eigenvalue weighted by atomic mass is 10.1. The number of nitrogens with zero attached hydrogens (tertiary/aromatic N) is 1. The maximum absolute atomic E-state index is 12.7. The van der Waals surface area contributed by atoms with Gasteiger partial charge < -0.3 is 24.4 Å². The van der Waals surface area contributed by atoms with Crippen LogP contribution in [0, 0.1) is 5.92 Å². The van der Waals surface area contributed by atoms with E-state index in [9.17, 15) is 14.4 Å². The molecule has 8 nitrogen and oxygen atoms in total. The molecular formula is C20H20N2O6S. The van der Waals surface area contributed by atoms with Crippen LogP contribution < -0.4 is 19.7 Å². The van der Waals surface area contributed by atoms with E-state index in [4.69, 9.17) is 14.2 Å². The smallest absolute Gasteiger partial charge is 0.341 e. The number of hydrogen-bond donors (Lipinski definition) is 1. The third-order valence-corrected chi connectivity index (χ3v) is 5.56. The van der Waals surface area contributed by atoms with E-state index in [2.05, 4.69) is 5.32 Å². The molecule has 4 rings (SSSR count). The first-order valence-corrected chi connectivity index (χ1v) is 10.2. The van der Waals surface area contributed by atoms with Crippen LogP contribution in [0.4, 0.5) is 10.7 Å². The molecule has 152 valence electrons. The second-order valence-corrected chi connectivity index (χ2v) is 7.52. The van der Waals surface area contributed by atoms with Gasteiger partial charge >= 0.3 is 5.97 Å². The molecule has 2 aromatic rings. The second-order valence-electron chi connectivity index (χ2n) is 6.61. The SMILES string of the molecule is CCOC(=O)c1ccsc1NC(=O)[C@@H]1CC(=O)N(c2ccc3c(c2)OCCO3)C1. The Balaban J connectivity index is 1.45. The zero-order valence-corrected chi connectivity index (χ0v) is 16.6. The molecule has 0 saturated carbocycles. The van der Waals surface area contributed by atoms with E-state index in [0.717, 1.165) is 0 Å². The van der Waals surface area contributed by atoms with E-state index in [0.29, 0.717) is 41.0 Å². The summed E-state index contributed by atoms with van der Waals surface area (Å²) in [5, 5.41) is 4.91. The van der Waals surface area contributed by atoms with Crippen molar-refractivity contribution >= 4 is 39.8 Å². The Hall–Kier alpha value is -3.07. The van der Waals surface area contributed by atoms with Crippen molar-refractivity contribution in [1.29, 1.82) is 0 Å². The van der Waals surface area contributed by atoms with E-state index in [1.165, 1.54) is 11.3 Å². The average molecular weight is 416 g/mol. The van der Waals surface area contributed by atoms with Crippen molar-refractivity contribution in [3.8, 4) is 11.5 Å². The lowest BCUT2D eigenvalue weighted by Crippen LogP contribution is -2.28. The predicted octanol–water partition coefficient (Wildman–Crippen LogP) is 2.69. The highest BCUT2D eigenvalue weighted by molar-refractivity contribution is 7.14. The summed E-state index contributed by atoms with van der Waals surface area (Å²) in [5.41, 5.74) is 0.983. The maximum atomic E-state index is 12.7. The largest absolute Gasteiger partial charge is 0.486 e. The number of carbonyl (C=O) groups excluding carboxylic acids is 3. The molecule has 0 aliphatic carbocycles. The van der Waals surface area contributed by atoms with Crippen LogP contribution in [0.2, 0.25) is 0 Å². The number of rotatable bonds is 5. The fourth-order valence-electron chi connectivity index (χ4n) is 3.32. The van der Waals surface area contributed by atoms with Gasteiger partial charge in [-0.15, -0.1) is 11.3 Å². The molecule has 0 spiro atoms. The molecule has 0 radical (unpaired) electrons. The quantitative estimate of drug-likeness (QED) is 0.754. The van der Waals surface area contributed by atoms with Crippen LogP contribution in [-0.2, 0) is 14.3 Å². The van der Waals surface area contributed by atoms with Crippen LogP contribution in [0.15, 0.2) is 29.6 Å². The lowest BCUT2D eigenvalue weighted by Gasteiger charge is -2.22. The number of benzene rings is 1. The molecule has 1 aromatic carbocycles. The Morgan fingerprint density at radius 1 is 1.24 bits per heavy atom. The maximum Gasteiger partial charge on any atom is 0.341 e. The molecule has 1 aromatic heterocycles. The number of hydrogen-bond acceptors (Lipinski definition) is 7. The Kier molecular flexibility index (Phi) is 5.39. The van der Waals surface area contributed by atoms with Crippen LogP contribution in [0.25, 0.3) is 0 Å². The summed E-state index contributed by atoms with van der Waals surface area (Å²) in [5.74, 6) is -0.209. The minimum atomic E-state index is -0.521. The monoisotopic (exact) mass is 416 g/mol. The van der Waals surface area contributed by atoms with E-state index in [-0.39, 0.29) is 31.4 Å². The summed E-state index contributed by atoms with van der Waals surface area (Å²) in [7, 11) is 0. The van der Waals surface area contributed by atoms with E-state index >= 15 is 0 Å². The normalized spacial score (nSPS) is 17.9. The predicted molar refractivity (Wildman–Crippen MR) is 107 cm³/mol. The first kappa shape index (κ1) is 19.3. The number of thiophene rings is 1. The molecule has 2 amide bonds. The summed E-state index contributed by atoms with van der Waals surface area (Å²) < 4.78 is 16.1. The molecule has 9 heteroatoms. The van der Waals surface area contributed by atoms with Crippen LogP contribution in [0.1, 0.15) is 23.7 Å². The van der Waals surface area contributed by atoms with Gasteiger partial charge in [-0.25, -0.2) is 4.79 Å². The number of carbonyl (C=O) groups is 3. The molecule has 2 aliphatic heterocycles. The third-order valence-electron chi connectivity index (χ3n) is 4.73. The number of amides is 2. The minimum absolute atomic E-state index is 0.0976. The Morgan fingerprint density at radius 2 is 2.03 bits per heavy atom. The van der Waals surface area contributed by atoms with Gasteiger partial charge in [-0.2, -0.15) is 0 Å². The van der Waals surface area contributed by atoms with Crippen LogP contribution in [0.5, 0.6) is 11.5 Å². The molecule has 29 heavy (non-hydrogen) atoms. The number of esters is 1. The van der Waals surface area contributed by atoms with Crippen LogP contribution >= 0.6 is 11.3 Å². The van der Waals surface area contributed by atoms with E-state index in [1.807, 2.05) is 0 Å². The Morgan fingerprint density at radius 3 is 2.83 bits per heavy atom. The first-order valence-electron chi connectivity index (χ1n) is 9.32. The van der Waals surface area contributed by atoms with Gasteiger partial charge in [0.1, 0.15) is 18.2 Å². The topological polar surface area (TPSA) is 94.2 Å². The molecule has 1 saturated heterocycles. The van der Waals surface area contributed by atoms with Crippen molar-refractivity contribution in [3.05, 3.63) is 35.2 Å². The molecule has 3 heterocycles. The highest BCUT2D eigenvalue weighted by atomic mass is 32.1. The zero-order valence-electron chi connectivity index (χ0n) is 15.8. The minimum Gasteiger partial charge on any atom is -0.486 e. The van der Waals surface area contributed by atoms with Crippen molar-refractivity contribution in [3.63, 3.8) is 0 Å². The fourth-order valence-corrected chi connectivity index (χ4v) is 4.10. The van der Waals surface area contributed by atoms with E-state index < -0.39 is 11.9 Å². The molecule has 0 unspecified atom stereocenters. The third kappa shape index (κ3) is 3.91. The standard InChI is InChI=1S/C20H20N2O6S/c1-2-26-20(25)14-5-8-29-19(14)21-18(24)12-9-17(23)22(11-12)13-3-4-15-16(10-13)28-7-6-27-15/h3-5,8,10,12H,2,6-7,9,11H2,1H3,(H,21,24)/t12-/m1/s1. The Bertz CT molecular complexity index is 956. The highest BCUT2D eigenvalue weighted by Gasteiger charge is 2.36. The summed E-state index contributed by atoms with van der Waals surface area (Å²) >= 11 is 1.24. The first-order chi connectivity index (χ1) is 14.1. The number of fused-ring (bicyclic) bond motifs is 1. The van der Waals surface area contributed by atoms with Gasteiger partial charge in [-0.1, -0.05) is 0 Å².